The van der Waals surface area contributed by atoms with Crippen LogP contribution < -0.4 is 4.90 Å². The molecule has 5 nitrogen and oxygen atoms in total. The van der Waals surface area contributed by atoms with Crippen molar-refractivity contribution in [2.75, 3.05) is 11.9 Å². The molecule has 2 N–H and O–H groups in total. The molecule has 0 aliphatic carbocycles. The summed E-state index contributed by atoms with van der Waals surface area (Å²) in [5.41, 5.74) is 4.24. The number of phosphoric ester groups is 1. The number of rotatable bonds is 4. The number of nitrogens with zero attached hydrogens (tertiary/aromatic N) is 1. The molecule has 32 heavy (non-hydrogen) atoms. The average molecular weight is 461 g/mol. The Morgan fingerprint density at radius 2 is 1.38 bits per heavy atom. The standard InChI is InChI=1S/C25H20NO4PS/c1-26-22-12-6-4-10-20(22)24(21-11-5-7-13-23(21)26)25(30-31(27,28)29)32-19-15-14-17-8-2-3-9-18(17)16-19/h2-16H,1H3,(H2,27,28,29). The zero-order valence-electron chi connectivity index (χ0n) is 17.2. The number of anilines is 2. The number of fused-ring (bicyclic) bond motifs is 3. The maximum Gasteiger partial charge on any atom is 0.525 e. The first-order chi connectivity index (χ1) is 15.4. The second kappa shape index (κ2) is 8.15. The van der Waals surface area contributed by atoms with Gasteiger partial charge >= 0.3 is 7.82 Å². The lowest BCUT2D eigenvalue weighted by Gasteiger charge is -2.32. The van der Waals surface area contributed by atoms with E-state index in [-0.39, 0.29) is 5.09 Å². The molecule has 4 aromatic carbocycles. The average Bonchev–Trinajstić information content (AvgIpc) is 2.78. The number of phosphoric acid groups is 1. The minimum absolute atomic E-state index is 0.168. The predicted molar refractivity (Wildman–Crippen MR) is 130 cm³/mol. The Bertz CT molecular complexity index is 1360. The van der Waals surface area contributed by atoms with E-state index in [0.29, 0.717) is 5.57 Å². The van der Waals surface area contributed by atoms with Gasteiger partial charge in [-0.25, -0.2) is 4.57 Å². The first kappa shape index (κ1) is 20.9. The van der Waals surface area contributed by atoms with Gasteiger partial charge in [0.15, 0.2) is 5.09 Å². The smallest absolute Gasteiger partial charge is 0.396 e. The number of hydrogen-bond acceptors (Lipinski definition) is 4. The molecule has 7 heteroatoms. The molecule has 1 heterocycles. The summed E-state index contributed by atoms with van der Waals surface area (Å²) >= 11 is 1.21. The van der Waals surface area contributed by atoms with Crippen LogP contribution in [-0.2, 0) is 9.09 Å². The van der Waals surface area contributed by atoms with Gasteiger partial charge < -0.3 is 9.42 Å². The second-order valence-corrected chi connectivity index (χ2v) is 9.66. The van der Waals surface area contributed by atoms with E-state index in [1.54, 1.807) is 0 Å². The molecule has 0 spiro atoms. The zero-order valence-corrected chi connectivity index (χ0v) is 18.9. The van der Waals surface area contributed by atoms with Crippen LogP contribution in [0.4, 0.5) is 11.4 Å². The van der Waals surface area contributed by atoms with Crippen molar-refractivity contribution in [1.82, 2.24) is 0 Å². The molecule has 4 aromatic rings. The van der Waals surface area contributed by atoms with Crippen LogP contribution in [0.15, 0.2) is 101 Å². The van der Waals surface area contributed by atoms with Crippen molar-refractivity contribution in [2.45, 2.75) is 4.90 Å². The van der Waals surface area contributed by atoms with Crippen LogP contribution in [0.5, 0.6) is 0 Å². The number of thioether (sulfide) groups is 1. The highest BCUT2D eigenvalue weighted by Crippen LogP contribution is 2.52. The Balaban J connectivity index is 1.74. The van der Waals surface area contributed by atoms with E-state index in [1.807, 2.05) is 98.0 Å². The Kier molecular flexibility index (Phi) is 5.31. The van der Waals surface area contributed by atoms with Gasteiger partial charge in [-0.3, -0.25) is 9.79 Å². The van der Waals surface area contributed by atoms with E-state index in [9.17, 15) is 14.4 Å². The molecule has 0 radical (unpaired) electrons. The Hall–Kier alpha value is -3.02. The molecule has 0 bridgehead atoms. The molecule has 0 saturated heterocycles. The minimum Gasteiger partial charge on any atom is -0.396 e. The SMILES string of the molecule is CN1c2ccccc2C(=C(OP(=O)(O)O)Sc2ccc3ccccc3c2)c2ccccc21. The van der Waals surface area contributed by atoms with Crippen LogP contribution in [0.3, 0.4) is 0 Å². The number of para-hydroxylation sites is 2. The van der Waals surface area contributed by atoms with Crippen molar-refractivity contribution >= 4 is 47.3 Å². The summed E-state index contributed by atoms with van der Waals surface area (Å²) in [6, 6.07) is 29.5. The molecule has 160 valence electrons. The Morgan fingerprint density at radius 3 is 2.00 bits per heavy atom. The molecule has 1 aliphatic heterocycles. The van der Waals surface area contributed by atoms with Crippen molar-refractivity contribution < 1.29 is 18.9 Å². The van der Waals surface area contributed by atoms with Crippen LogP contribution in [0, 0.1) is 0 Å². The summed E-state index contributed by atoms with van der Waals surface area (Å²) in [6.07, 6.45) is 0. The molecule has 0 atom stereocenters. The molecule has 0 unspecified atom stereocenters. The van der Waals surface area contributed by atoms with Gasteiger partial charge in [0.05, 0.1) is 0 Å². The van der Waals surface area contributed by atoms with Gasteiger partial charge in [0.2, 0.25) is 0 Å². The van der Waals surface area contributed by atoms with Gasteiger partial charge in [-0.1, -0.05) is 78.5 Å². The van der Waals surface area contributed by atoms with Crippen LogP contribution in [0.25, 0.3) is 16.3 Å². The van der Waals surface area contributed by atoms with Gasteiger partial charge in [-0.05, 0) is 35.0 Å². The highest BCUT2D eigenvalue weighted by molar-refractivity contribution is 8.03. The van der Waals surface area contributed by atoms with Crippen molar-refractivity contribution in [3.05, 3.63) is 107 Å². The van der Waals surface area contributed by atoms with Gasteiger partial charge in [0.1, 0.15) is 0 Å². The highest BCUT2D eigenvalue weighted by atomic mass is 32.2. The summed E-state index contributed by atoms with van der Waals surface area (Å²) in [5, 5.41) is 2.31. The van der Waals surface area contributed by atoms with Crippen LogP contribution in [-0.4, -0.2) is 16.8 Å². The van der Waals surface area contributed by atoms with Crippen molar-refractivity contribution in [3.8, 4) is 0 Å². The van der Waals surface area contributed by atoms with Crippen LogP contribution in [0.2, 0.25) is 0 Å². The monoisotopic (exact) mass is 461 g/mol. The number of hydrogen-bond donors (Lipinski definition) is 2. The third-order valence-electron chi connectivity index (χ3n) is 5.41. The summed E-state index contributed by atoms with van der Waals surface area (Å²) in [5.74, 6) is 0. The lowest BCUT2D eigenvalue weighted by atomic mass is 9.91. The number of benzene rings is 4. The molecular formula is C25H20NO4PS. The van der Waals surface area contributed by atoms with E-state index in [4.69, 9.17) is 4.52 Å². The van der Waals surface area contributed by atoms with Crippen molar-refractivity contribution in [1.29, 1.82) is 0 Å². The molecule has 0 fully saturated rings. The second-order valence-electron chi connectivity index (χ2n) is 7.45. The van der Waals surface area contributed by atoms with Crippen molar-refractivity contribution in [2.24, 2.45) is 0 Å². The summed E-state index contributed by atoms with van der Waals surface area (Å²) in [4.78, 5) is 22.4. The van der Waals surface area contributed by atoms with Gasteiger partial charge in [0.25, 0.3) is 0 Å². The van der Waals surface area contributed by atoms with Gasteiger partial charge in [0, 0.05) is 40.0 Å². The lowest BCUT2D eigenvalue weighted by molar-refractivity contribution is 0.255. The fourth-order valence-corrected chi connectivity index (χ4v) is 5.62. The maximum absolute atomic E-state index is 12.0. The minimum atomic E-state index is -4.80. The fourth-order valence-electron chi connectivity index (χ4n) is 4.01. The van der Waals surface area contributed by atoms with E-state index < -0.39 is 7.82 Å². The first-order valence-corrected chi connectivity index (χ1v) is 12.3. The molecular weight excluding hydrogens is 441 g/mol. The molecule has 1 aliphatic rings. The van der Waals surface area contributed by atoms with Crippen molar-refractivity contribution in [3.63, 3.8) is 0 Å². The zero-order chi connectivity index (χ0) is 22.3. The third-order valence-corrected chi connectivity index (χ3v) is 6.91. The van der Waals surface area contributed by atoms with E-state index in [2.05, 4.69) is 4.90 Å². The molecule has 5 rings (SSSR count). The van der Waals surface area contributed by atoms with E-state index in [1.165, 1.54) is 11.8 Å². The topological polar surface area (TPSA) is 70.0 Å². The largest absolute Gasteiger partial charge is 0.525 e. The molecule has 0 saturated carbocycles. The summed E-state index contributed by atoms with van der Waals surface area (Å²) in [6.45, 7) is 0. The van der Waals surface area contributed by atoms with E-state index >= 15 is 0 Å². The quantitative estimate of drug-likeness (QED) is 0.204. The normalized spacial score (nSPS) is 13.0. The summed E-state index contributed by atoms with van der Waals surface area (Å²) < 4.78 is 17.3. The summed E-state index contributed by atoms with van der Waals surface area (Å²) in [7, 11) is -2.82. The first-order valence-electron chi connectivity index (χ1n) is 9.99. The predicted octanol–water partition coefficient (Wildman–Crippen LogP) is 6.54. The Morgan fingerprint density at radius 1 is 0.812 bits per heavy atom. The van der Waals surface area contributed by atoms with E-state index in [0.717, 1.165) is 38.2 Å². The lowest BCUT2D eigenvalue weighted by Crippen LogP contribution is -2.18. The molecule has 0 aromatic heterocycles. The fraction of sp³-hybridized carbons (Fsp3) is 0.0400. The molecule has 0 amide bonds. The van der Waals surface area contributed by atoms with Crippen LogP contribution in [0.1, 0.15) is 11.1 Å². The van der Waals surface area contributed by atoms with Crippen LogP contribution >= 0.6 is 19.6 Å². The Labute approximate surface area is 190 Å². The van der Waals surface area contributed by atoms with Gasteiger partial charge in [-0.15, -0.1) is 0 Å². The highest BCUT2D eigenvalue weighted by Gasteiger charge is 2.30. The maximum atomic E-state index is 12.0. The van der Waals surface area contributed by atoms with Gasteiger partial charge in [-0.2, -0.15) is 0 Å². The third kappa shape index (κ3) is 3.94.